The first-order chi connectivity index (χ1) is 16.7. The lowest BCUT2D eigenvalue weighted by atomic mass is 10.1. The molecule has 0 bridgehead atoms. The Morgan fingerprint density at radius 3 is 2.51 bits per heavy atom. The van der Waals surface area contributed by atoms with Gasteiger partial charge in [0, 0.05) is 13.1 Å². The molecule has 0 unspecified atom stereocenters. The lowest BCUT2D eigenvalue weighted by Crippen LogP contribution is -2.54. The molecule has 9 nitrogen and oxygen atoms in total. The Hall–Kier alpha value is -2.92. The third-order valence-electron chi connectivity index (χ3n) is 5.24. The molecule has 0 radical (unpaired) electrons. The highest BCUT2D eigenvalue weighted by molar-refractivity contribution is 9.10. The number of nitrogens with one attached hydrogen (secondary N) is 1. The van der Waals surface area contributed by atoms with Crippen LogP contribution in [0.25, 0.3) is 6.08 Å². The number of anilines is 1. The lowest BCUT2D eigenvalue weighted by molar-refractivity contribution is -0.137. The number of rotatable bonds is 5. The normalized spacial score (nSPS) is 17.6. The number of carbonyl (C=O) groups excluding carboxylic acids is 4. The number of amides is 5. The standard InChI is InChI=1S/C23H18BrCl2N3O6/c24-16-10-13(1-4-19(16)35-12-20(30)28-5-7-34-8-6-28)9-15-21(31)27-23(33)29(22(15)32)14-2-3-17(25)18(26)11-14/h1-4,9-11H,5-8,12H2,(H,27,31,33)/b15-9+. The zero-order valence-corrected chi connectivity index (χ0v) is 21.2. The van der Waals surface area contributed by atoms with E-state index in [4.69, 9.17) is 32.7 Å². The van der Waals surface area contributed by atoms with E-state index in [9.17, 15) is 19.2 Å². The van der Waals surface area contributed by atoms with Gasteiger partial charge in [0.1, 0.15) is 11.3 Å². The number of carbonyl (C=O) groups is 4. The van der Waals surface area contributed by atoms with Crippen molar-refractivity contribution in [2.24, 2.45) is 0 Å². The van der Waals surface area contributed by atoms with Crippen LogP contribution in [0.5, 0.6) is 5.75 Å². The number of urea groups is 1. The Bertz CT molecular complexity index is 1250. The Morgan fingerprint density at radius 1 is 1.09 bits per heavy atom. The highest BCUT2D eigenvalue weighted by atomic mass is 79.9. The number of halogens is 3. The summed E-state index contributed by atoms with van der Waals surface area (Å²) in [6.07, 6.45) is 1.35. The molecule has 2 aromatic rings. The molecule has 0 aromatic heterocycles. The minimum atomic E-state index is -0.898. The van der Waals surface area contributed by atoms with Gasteiger partial charge in [0.15, 0.2) is 6.61 Å². The summed E-state index contributed by atoms with van der Waals surface area (Å²) in [5.41, 5.74) is 0.402. The third-order valence-corrected chi connectivity index (χ3v) is 6.60. The summed E-state index contributed by atoms with van der Waals surface area (Å²) in [5.74, 6) is -1.38. The van der Waals surface area contributed by atoms with Crippen molar-refractivity contribution < 1.29 is 28.7 Å². The topological polar surface area (TPSA) is 105 Å². The molecule has 5 amide bonds. The fourth-order valence-corrected chi connectivity index (χ4v) is 4.25. The van der Waals surface area contributed by atoms with Crippen LogP contribution in [0, 0.1) is 0 Å². The molecule has 4 rings (SSSR count). The smallest absolute Gasteiger partial charge is 0.335 e. The Kier molecular flexibility index (Phi) is 7.75. The van der Waals surface area contributed by atoms with E-state index < -0.39 is 17.8 Å². The third kappa shape index (κ3) is 5.67. The highest BCUT2D eigenvalue weighted by Gasteiger charge is 2.37. The van der Waals surface area contributed by atoms with Gasteiger partial charge in [-0.15, -0.1) is 0 Å². The fraction of sp³-hybridized carbons (Fsp3) is 0.217. The summed E-state index contributed by atoms with van der Waals surface area (Å²) >= 11 is 15.3. The van der Waals surface area contributed by atoms with E-state index in [0.717, 1.165) is 4.90 Å². The van der Waals surface area contributed by atoms with Crippen molar-refractivity contribution in [2.45, 2.75) is 0 Å². The van der Waals surface area contributed by atoms with Crippen LogP contribution < -0.4 is 15.0 Å². The van der Waals surface area contributed by atoms with Crippen LogP contribution in [-0.4, -0.2) is 61.6 Å². The van der Waals surface area contributed by atoms with E-state index in [1.165, 1.54) is 24.3 Å². The van der Waals surface area contributed by atoms with E-state index in [0.29, 0.717) is 42.1 Å². The Labute approximate surface area is 218 Å². The summed E-state index contributed by atoms with van der Waals surface area (Å²) in [6, 6.07) is 8.20. The number of hydrogen-bond acceptors (Lipinski definition) is 6. The van der Waals surface area contributed by atoms with E-state index >= 15 is 0 Å². The Balaban J connectivity index is 1.51. The van der Waals surface area contributed by atoms with Crippen molar-refractivity contribution in [3.05, 3.63) is 62.1 Å². The van der Waals surface area contributed by atoms with Crippen LogP contribution in [-0.2, 0) is 19.1 Å². The second-order valence-electron chi connectivity index (χ2n) is 7.53. The maximum absolute atomic E-state index is 13.0. The number of hydrogen-bond donors (Lipinski definition) is 1. The summed E-state index contributed by atoms with van der Waals surface area (Å²) in [6.45, 7) is 1.90. The van der Waals surface area contributed by atoms with E-state index in [1.807, 2.05) is 0 Å². The van der Waals surface area contributed by atoms with Gasteiger partial charge >= 0.3 is 6.03 Å². The van der Waals surface area contributed by atoms with Gasteiger partial charge in [-0.25, -0.2) is 9.69 Å². The highest BCUT2D eigenvalue weighted by Crippen LogP contribution is 2.31. The molecule has 1 N–H and O–H groups in total. The maximum Gasteiger partial charge on any atom is 0.335 e. The lowest BCUT2D eigenvalue weighted by Gasteiger charge is -2.27. The fourth-order valence-electron chi connectivity index (χ4n) is 3.45. The summed E-state index contributed by atoms with van der Waals surface area (Å²) < 4.78 is 11.4. The molecule has 0 spiro atoms. The average Bonchev–Trinajstić information content (AvgIpc) is 2.83. The molecule has 182 valence electrons. The number of morpholine rings is 1. The van der Waals surface area contributed by atoms with Gasteiger partial charge in [-0.2, -0.15) is 0 Å². The van der Waals surface area contributed by atoms with Crippen LogP contribution in [0.3, 0.4) is 0 Å². The molecule has 2 aliphatic rings. The molecule has 2 aromatic carbocycles. The minimum Gasteiger partial charge on any atom is -0.483 e. The molecule has 2 fully saturated rings. The van der Waals surface area contributed by atoms with Crippen molar-refractivity contribution in [3.63, 3.8) is 0 Å². The number of imide groups is 2. The van der Waals surface area contributed by atoms with Gasteiger partial charge in [0.2, 0.25) is 0 Å². The van der Waals surface area contributed by atoms with E-state index in [2.05, 4.69) is 21.2 Å². The predicted molar refractivity (Wildman–Crippen MR) is 132 cm³/mol. The molecular formula is C23H18BrCl2N3O6. The van der Waals surface area contributed by atoms with Gasteiger partial charge in [-0.05, 0) is 57.9 Å². The molecule has 2 aliphatic heterocycles. The van der Waals surface area contributed by atoms with E-state index in [1.54, 1.807) is 23.1 Å². The van der Waals surface area contributed by atoms with Crippen LogP contribution in [0.15, 0.2) is 46.4 Å². The van der Waals surface area contributed by atoms with Crippen molar-refractivity contribution in [1.29, 1.82) is 0 Å². The zero-order chi connectivity index (χ0) is 25.1. The zero-order valence-electron chi connectivity index (χ0n) is 18.1. The van der Waals surface area contributed by atoms with Gasteiger partial charge < -0.3 is 14.4 Å². The SMILES string of the molecule is O=C1NC(=O)N(c2ccc(Cl)c(Cl)c2)C(=O)/C1=C/c1ccc(OCC(=O)N2CCOCC2)c(Br)c1. The molecule has 35 heavy (non-hydrogen) atoms. The number of benzene rings is 2. The number of barbiturate groups is 1. The second kappa shape index (κ2) is 10.8. The molecule has 2 heterocycles. The van der Waals surface area contributed by atoms with Crippen LogP contribution >= 0.6 is 39.1 Å². The first kappa shape index (κ1) is 25.2. The monoisotopic (exact) mass is 581 g/mol. The van der Waals surface area contributed by atoms with Crippen LogP contribution in [0.1, 0.15) is 5.56 Å². The van der Waals surface area contributed by atoms with Gasteiger partial charge in [0.25, 0.3) is 17.7 Å². The first-order valence-electron chi connectivity index (χ1n) is 10.4. The largest absolute Gasteiger partial charge is 0.483 e. The quantitative estimate of drug-likeness (QED) is 0.426. The number of nitrogens with zero attached hydrogens (tertiary/aromatic N) is 2. The summed E-state index contributed by atoms with van der Waals surface area (Å²) in [4.78, 5) is 52.6. The van der Waals surface area contributed by atoms with Crippen molar-refractivity contribution in [1.82, 2.24) is 10.2 Å². The van der Waals surface area contributed by atoms with Gasteiger partial charge in [0.05, 0.1) is 33.4 Å². The molecule has 0 saturated carbocycles. The van der Waals surface area contributed by atoms with Crippen LogP contribution in [0.2, 0.25) is 10.0 Å². The van der Waals surface area contributed by atoms with Gasteiger partial charge in [-0.1, -0.05) is 29.3 Å². The van der Waals surface area contributed by atoms with Crippen molar-refractivity contribution >= 4 is 74.6 Å². The minimum absolute atomic E-state index is 0.138. The molecular weight excluding hydrogens is 565 g/mol. The van der Waals surface area contributed by atoms with Crippen molar-refractivity contribution in [2.75, 3.05) is 37.8 Å². The van der Waals surface area contributed by atoms with E-state index in [-0.39, 0.29) is 33.8 Å². The Morgan fingerprint density at radius 2 is 1.83 bits per heavy atom. The maximum atomic E-state index is 13.0. The number of ether oxygens (including phenoxy) is 2. The van der Waals surface area contributed by atoms with Crippen LogP contribution in [0.4, 0.5) is 10.5 Å². The second-order valence-corrected chi connectivity index (χ2v) is 9.20. The van der Waals surface area contributed by atoms with Gasteiger partial charge in [-0.3, -0.25) is 19.7 Å². The molecule has 2 saturated heterocycles. The van der Waals surface area contributed by atoms with Crippen molar-refractivity contribution in [3.8, 4) is 5.75 Å². The molecule has 12 heteroatoms. The summed E-state index contributed by atoms with van der Waals surface area (Å²) in [5, 5.41) is 2.56. The summed E-state index contributed by atoms with van der Waals surface area (Å²) in [7, 11) is 0. The predicted octanol–water partition coefficient (Wildman–Crippen LogP) is 3.66. The molecule has 0 aliphatic carbocycles. The first-order valence-corrected chi connectivity index (χ1v) is 11.9. The average molecular weight is 583 g/mol. The molecule has 0 atom stereocenters.